The molecule has 178 valence electrons. The average Bonchev–Trinajstić information content (AvgIpc) is 2.80. The Hall–Kier alpha value is -2.82. The van der Waals surface area contributed by atoms with E-state index in [2.05, 4.69) is 13.8 Å². The van der Waals surface area contributed by atoms with Gasteiger partial charge in [0.1, 0.15) is 12.4 Å². The zero-order chi connectivity index (χ0) is 23.8. The molecule has 2 aromatic rings. The van der Waals surface area contributed by atoms with E-state index in [1.165, 1.54) is 0 Å². The minimum Gasteiger partial charge on any atom is -0.491 e. The number of hydrogen-bond donors (Lipinski definition) is 0. The molecule has 0 radical (unpaired) electrons. The van der Waals surface area contributed by atoms with Crippen molar-refractivity contribution >= 4 is 11.8 Å². The van der Waals surface area contributed by atoms with Gasteiger partial charge in [0.15, 0.2) is 0 Å². The van der Waals surface area contributed by atoms with E-state index in [4.69, 9.17) is 4.74 Å². The molecule has 0 bridgehead atoms. The van der Waals surface area contributed by atoms with E-state index in [1.54, 1.807) is 4.90 Å². The van der Waals surface area contributed by atoms with Crippen LogP contribution in [0.15, 0.2) is 48.5 Å². The van der Waals surface area contributed by atoms with E-state index in [9.17, 15) is 9.59 Å². The first kappa shape index (κ1) is 24.8. The summed E-state index contributed by atoms with van der Waals surface area (Å²) >= 11 is 0. The highest BCUT2D eigenvalue weighted by atomic mass is 16.5. The number of carbonyl (C=O) groups excluding carboxylic acids is 2. The summed E-state index contributed by atoms with van der Waals surface area (Å²) in [6, 6.07) is 15.2. The molecular weight excluding hydrogens is 412 g/mol. The molecule has 0 spiro atoms. The summed E-state index contributed by atoms with van der Waals surface area (Å²) in [5.41, 5.74) is 2.44. The molecule has 0 fully saturated rings. The number of rotatable bonds is 3. The lowest BCUT2D eigenvalue weighted by atomic mass is 10.0. The third kappa shape index (κ3) is 6.83. The van der Waals surface area contributed by atoms with Crippen LogP contribution in [0.2, 0.25) is 0 Å². The van der Waals surface area contributed by atoms with Crippen LogP contribution in [-0.2, 0) is 0 Å². The Labute approximate surface area is 198 Å². The molecule has 0 unspecified atom stereocenters. The van der Waals surface area contributed by atoms with Gasteiger partial charge in [0.25, 0.3) is 11.8 Å². The van der Waals surface area contributed by atoms with Gasteiger partial charge in [-0.2, -0.15) is 0 Å². The van der Waals surface area contributed by atoms with E-state index >= 15 is 0 Å². The molecule has 1 atom stereocenters. The first-order valence-electron chi connectivity index (χ1n) is 12.2. The lowest BCUT2D eigenvalue weighted by Crippen LogP contribution is -2.45. The third-order valence-corrected chi connectivity index (χ3v) is 6.28. The second-order valence-corrected chi connectivity index (χ2v) is 9.60. The number of benzene rings is 2. The number of carbonyl (C=O) groups is 2. The van der Waals surface area contributed by atoms with Crippen LogP contribution in [0.1, 0.15) is 72.2 Å². The van der Waals surface area contributed by atoms with Crippen molar-refractivity contribution in [1.29, 1.82) is 0 Å². The zero-order valence-corrected chi connectivity index (χ0v) is 20.5. The molecule has 33 heavy (non-hydrogen) atoms. The van der Waals surface area contributed by atoms with Crippen LogP contribution in [-0.4, -0.2) is 54.4 Å². The van der Waals surface area contributed by atoms with Crippen molar-refractivity contribution in [3.8, 4) is 5.75 Å². The number of fused-ring (bicyclic) bond motifs is 1. The van der Waals surface area contributed by atoms with Crippen LogP contribution < -0.4 is 4.74 Å². The van der Waals surface area contributed by atoms with E-state index in [-0.39, 0.29) is 17.9 Å². The Morgan fingerprint density at radius 2 is 1.67 bits per heavy atom. The maximum atomic E-state index is 13.6. The summed E-state index contributed by atoms with van der Waals surface area (Å²) < 4.78 is 6.26. The zero-order valence-electron chi connectivity index (χ0n) is 20.5. The van der Waals surface area contributed by atoms with Crippen molar-refractivity contribution in [1.82, 2.24) is 9.80 Å². The van der Waals surface area contributed by atoms with E-state index in [0.29, 0.717) is 35.9 Å². The predicted molar refractivity (Wildman–Crippen MR) is 133 cm³/mol. The molecule has 0 saturated heterocycles. The van der Waals surface area contributed by atoms with Crippen LogP contribution in [0.3, 0.4) is 0 Å². The van der Waals surface area contributed by atoms with Gasteiger partial charge in [-0.1, -0.05) is 56.5 Å². The topological polar surface area (TPSA) is 49.9 Å². The second kappa shape index (κ2) is 11.9. The highest BCUT2D eigenvalue weighted by Crippen LogP contribution is 2.24. The molecule has 2 amide bonds. The first-order valence-corrected chi connectivity index (χ1v) is 12.2. The largest absolute Gasteiger partial charge is 0.491 e. The number of para-hydroxylation sites is 1. The number of nitrogens with zero attached hydrogens (tertiary/aromatic N) is 2. The molecule has 1 heterocycles. The van der Waals surface area contributed by atoms with Crippen molar-refractivity contribution in [3.63, 3.8) is 0 Å². The summed E-state index contributed by atoms with van der Waals surface area (Å²) in [7, 11) is 1.86. The van der Waals surface area contributed by atoms with Crippen LogP contribution in [0, 0.1) is 12.8 Å². The van der Waals surface area contributed by atoms with Gasteiger partial charge < -0.3 is 14.5 Å². The van der Waals surface area contributed by atoms with Crippen molar-refractivity contribution in [2.75, 3.05) is 26.7 Å². The quantitative estimate of drug-likeness (QED) is 0.614. The maximum Gasteiger partial charge on any atom is 0.257 e. The smallest absolute Gasteiger partial charge is 0.257 e. The molecule has 1 aliphatic rings. The molecule has 0 saturated carbocycles. The van der Waals surface area contributed by atoms with Crippen molar-refractivity contribution in [2.45, 2.75) is 58.9 Å². The van der Waals surface area contributed by atoms with Crippen molar-refractivity contribution in [3.05, 3.63) is 65.2 Å². The highest BCUT2D eigenvalue weighted by molar-refractivity contribution is 5.97. The van der Waals surface area contributed by atoms with Gasteiger partial charge in [-0.15, -0.1) is 0 Å². The standard InChI is InChI=1S/C28H38N2O3/c1-21(2)19-24-20-33-26-12-8-7-11-25(26)28(32)29(4)17-9-5-6-10-18-30(24)27(31)23-15-13-22(3)14-16-23/h7-8,11-16,21,24H,5-6,9-10,17-20H2,1-4H3/t24-/m0/s1. The molecule has 5 heteroatoms. The Kier molecular flexibility index (Phi) is 8.93. The Morgan fingerprint density at radius 1 is 1.00 bits per heavy atom. The summed E-state index contributed by atoms with van der Waals surface area (Å²) in [4.78, 5) is 30.4. The first-order chi connectivity index (χ1) is 15.9. The molecule has 0 aliphatic carbocycles. The van der Waals surface area contributed by atoms with E-state index < -0.39 is 0 Å². The fourth-order valence-corrected chi connectivity index (χ4v) is 4.39. The van der Waals surface area contributed by atoms with Gasteiger partial charge in [0.2, 0.25) is 0 Å². The fourth-order valence-electron chi connectivity index (χ4n) is 4.39. The summed E-state index contributed by atoms with van der Waals surface area (Å²) in [5, 5.41) is 0. The third-order valence-electron chi connectivity index (χ3n) is 6.28. The van der Waals surface area contributed by atoms with Gasteiger partial charge in [0, 0.05) is 25.7 Å². The van der Waals surface area contributed by atoms with Gasteiger partial charge in [0.05, 0.1) is 11.6 Å². The van der Waals surface area contributed by atoms with Gasteiger partial charge in [-0.25, -0.2) is 0 Å². The summed E-state index contributed by atoms with van der Waals surface area (Å²) in [6.07, 6.45) is 4.81. The molecule has 1 aliphatic heterocycles. The van der Waals surface area contributed by atoms with Crippen molar-refractivity contribution in [2.24, 2.45) is 5.92 Å². The number of aryl methyl sites for hydroxylation is 1. The summed E-state index contributed by atoms with van der Waals surface area (Å²) in [5.74, 6) is 1.04. The lowest BCUT2D eigenvalue weighted by Gasteiger charge is -2.33. The van der Waals surface area contributed by atoms with Crippen LogP contribution in [0.4, 0.5) is 0 Å². The van der Waals surface area contributed by atoms with Crippen LogP contribution >= 0.6 is 0 Å². The minimum atomic E-state index is -0.0670. The minimum absolute atomic E-state index is 0.0179. The number of hydrogen-bond acceptors (Lipinski definition) is 3. The molecule has 0 N–H and O–H groups in total. The monoisotopic (exact) mass is 450 g/mol. The van der Waals surface area contributed by atoms with Crippen LogP contribution in [0.25, 0.3) is 0 Å². The molecule has 0 aromatic heterocycles. The van der Waals surface area contributed by atoms with Gasteiger partial charge in [-0.3, -0.25) is 9.59 Å². The van der Waals surface area contributed by atoms with Gasteiger partial charge in [-0.05, 0) is 56.4 Å². The van der Waals surface area contributed by atoms with Gasteiger partial charge >= 0.3 is 0 Å². The predicted octanol–water partition coefficient (Wildman–Crippen LogP) is 5.58. The Balaban J connectivity index is 1.92. The maximum absolute atomic E-state index is 13.6. The average molecular weight is 451 g/mol. The molecule has 2 aromatic carbocycles. The SMILES string of the molecule is Cc1ccc(C(=O)N2CCCCCCN(C)C(=O)c3ccccc3OC[C@@H]2CC(C)C)cc1. The number of ether oxygens (including phenoxy) is 1. The normalized spacial score (nSPS) is 18.5. The fraction of sp³-hybridized carbons (Fsp3) is 0.500. The van der Waals surface area contributed by atoms with E-state index in [0.717, 1.165) is 44.2 Å². The Morgan fingerprint density at radius 3 is 2.36 bits per heavy atom. The Bertz CT molecular complexity index is 923. The number of amides is 2. The molecule has 5 nitrogen and oxygen atoms in total. The van der Waals surface area contributed by atoms with Crippen molar-refractivity contribution < 1.29 is 14.3 Å². The lowest BCUT2D eigenvalue weighted by molar-refractivity contribution is 0.0567. The molecular formula is C28H38N2O3. The van der Waals surface area contributed by atoms with E-state index in [1.807, 2.05) is 67.4 Å². The highest BCUT2D eigenvalue weighted by Gasteiger charge is 2.27. The second-order valence-electron chi connectivity index (χ2n) is 9.60. The molecule has 3 rings (SSSR count). The van der Waals surface area contributed by atoms with Crippen LogP contribution in [0.5, 0.6) is 5.75 Å². The summed E-state index contributed by atoms with van der Waals surface area (Å²) in [6.45, 7) is 8.17.